The highest BCUT2D eigenvalue weighted by Gasteiger charge is 2.11. The van der Waals surface area contributed by atoms with Gasteiger partial charge >= 0.3 is 0 Å². The Morgan fingerprint density at radius 2 is 1.58 bits per heavy atom. The van der Waals surface area contributed by atoms with Crippen LogP contribution in [0.15, 0.2) is 42.5 Å². The van der Waals surface area contributed by atoms with Crippen molar-refractivity contribution >= 4 is 5.69 Å². The van der Waals surface area contributed by atoms with E-state index in [9.17, 15) is 0 Å². The van der Waals surface area contributed by atoms with Crippen molar-refractivity contribution < 1.29 is 0 Å². The molecule has 1 unspecified atom stereocenters. The molecule has 0 saturated carbocycles. The van der Waals surface area contributed by atoms with Gasteiger partial charge in [0.15, 0.2) is 0 Å². The normalized spacial score (nSPS) is 12.3. The molecule has 2 heteroatoms. The third-order valence-electron chi connectivity index (χ3n) is 3.53. The van der Waals surface area contributed by atoms with Crippen LogP contribution in [0.3, 0.4) is 0 Å². The number of hydrogen-bond acceptors (Lipinski definition) is 2. The highest BCUT2D eigenvalue weighted by atomic mass is 15.1. The Bertz CT molecular complexity index is 556. The summed E-state index contributed by atoms with van der Waals surface area (Å²) >= 11 is 0. The summed E-state index contributed by atoms with van der Waals surface area (Å²) in [7, 11) is 4.08. The van der Waals surface area contributed by atoms with Gasteiger partial charge in [-0.2, -0.15) is 0 Å². The third-order valence-corrected chi connectivity index (χ3v) is 3.53. The lowest BCUT2D eigenvalue weighted by Crippen LogP contribution is -2.14. The molecule has 0 aliphatic rings. The Kier molecular flexibility index (Phi) is 3.91. The molecule has 19 heavy (non-hydrogen) atoms. The SMILES string of the molecule is Cc1ccc(C(N)c2ccc(N(C)C)cc2)c(C)c1. The molecule has 0 heterocycles. The molecule has 0 fully saturated rings. The molecule has 0 aliphatic carbocycles. The van der Waals surface area contributed by atoms with Crippen molar-refractivity contribution in [1.29, 1.82) is 0 Å². The van der Waals surface area contributed by atoms with Gasteiger partial charge in [0.2, 0.25) is 0 Å². The summed E-state index contributed by atoms with van der Waals surface area (Å²) in [5.41, 5.74) is 12.4. The van der Waals surface area contributed by atoms with Gasteiger partial charge in [0.25, 0.3) is 0 Å². The lowest BCUT2D eigenvalue weighted by atomic mass is 9.94. The highest BCUT2D eigenvalue weighted by molar-refractivity contribution is 5.48. The first-order chi connectivity index (χ1) is 8.99. The van der Waals surface area contributed by atoms with E-state index in [4.69, 9.17) is 5.73 Å². The fourth-order valence-corrected chi connectivity index (χ4v) is 2.33. The summed E-state index contributed by atoms with van der Waals surface area (Å²) in [4.78, 5) is 2.09. The summed E-state index contributed by atoms with van der Waals surface area (Å²) in [6, 6.07) is 14.8. The predicted molar refractivity (Wildman–Crippen MR) is 82.7 cm³/mol. The van der Waals surface area contributed by atoms with Crippen molar-refractivity contribution in [2.45, 2.75) is 19.9 Å². The van der Waals surface area contributed by atoms with E-state index < -0.39 is 0 Å². The largest absolute Gasteiger partial charge is 0.378 e. The molecule has 100 valence electrons. The Hall–Kier alpha value is -1.80. The van der Waals surface area contributed by atoms with Crippen LogP contribution in [-0.4, -0.2) is 14.1 Å². The van der Waals surface area contributed by atoms with E-state index in [-0.39, 0.29) is 6.04 Å². The van der Waals surface area contributed by atoms with Crippen LogP contribution in [0.4, 0.5) is 5.69 Å². The van der Waals surface area contributed by atoms with Gasteiger partial charge in [-0.25, -0.2) is 0 Å². The van der Waals surface area contributed by atoms with Crippen LogP contribution >= 0.6 is 0 Å². The lowest BCUT2D eigenvalue weighted by Gasteiger charge is -2.18. The Labute approximate surface area is 115 Å². The highest BCUT2D eigenvalue weighted by Crippen LogP contribution is 2.25. The standard InChI is InChI=1S/C17H22N2/c1-12-5-10-16(13(2)11-12)17(18)14-6-8-15(9-7-14)19(3)4/h5-11,17H,18H2,1-4H3. The van der Waals surface area contributed by atoms with E-state index in [2.05, 4.69) is 61.2 Å². The number of benzene rings is 2. The fourth-order valence-electron chi connectivity index (χ4n) is 2.33. The van der Waals surface area contributed by atoms with Gasteiger partial charge in [-0.15, -0.1) is 0 Å². The van der Waals surface area contributed by atoms with Crippen LogP contribution in [-0.2, 0) is 0 Å². The van der Waals surface area contributed by atoms with E-state index in [1.165, 1.54) is 22.4 Å². The van der Waals surface area contributed by atoms with Crippen LogP contribution in [0, 0.1) is 13.8 Å². The topological polar surface area (TPSA) is 29.3 Å². The minimum Gasteiger partial charge on any atom is -0.378 e. The molecule has 0 amide bonds. The number of aryl methyl sites for hydroxylation is 2. The lowest BCUT2D eigenvalue weighted by molar-refractivity contribution is 0.860. The quantitative estimate of drug-likeness (QED) is 0.909. The molecule has 0 aromatic heterocycles. The molecule has 1 atom stereocenters. The van der Waals surface area contributed by atoms with Crippen molar-refractivity contribution in [3.63, 3.8) is 0 Å². The summed E-state index contributed by atoms with van der Waals surface area (Å²) in [6.07, 6.45) is 0. The summed E-state index contributed by atoms with van der Waals surface area (Å²) in [6.45, 7) is 4.23. The molecular weight excluding hydrogens is 232 g/mol. The third kappa shape index (κ3) is 2.96. The minimum absolute atomic E-state index is 0.0585. The van der Waals surface area contributed by atoms with E-state index in [0.29, 0.717) is 0 Å². The first-order valence-electron chi connectivity index (χ1n) is 6.59. The zero-order valence-electron chi connectivity index (χ0n) is 12.1. The molecule has 2 aromatic rings. The number of anilines is 1. The molecule has 2 rings (SSSR count). The van der Waals surface area contributed by atoms with E-state index in [1.807, 2.05) is 14.1 Å². The van der Waals surface area contributed by atoms with Gasteiger partial charge < -0.3 is 10.6 Å². The van der Waals surface area contributed by atoms with Gasteiger partial charge in [0, 0.05) is 19.8 Å². The van der Waals surface area contributed by atoms with Gasteiger partial charge in [0.1, 0.15) is 0 Å². The van der Waals surface area contributed by atoms with Crippen molar-refractivity contribution in [3.8, 4) is 0 Å². The maximum absolute atomic E-state index is 6.38. The number of hydrogen-bond donors (Lipinski definition) is 1. The average molecular weight is 254 g/mol. The first kappa shape index (κ1) is 13.6. The predicted octanol–water partition coefficient (Wildman–Crippen LogP) is 3.42. The fraction of sp³-hybridized carbons (Fsp3) is 0.294. The second-order valence-electron chi connectivity index (χ2n) is 5.32. The number of nitrogens with zero attached hydrogens (tertiary/aromatic N) is 1. The molecule has 0 spiro atoms. The molecule has 0 saturated heterocycles. The Morgan fingerprint density at radius 1 is 0.947 bits per heavy atom. The van der Waals surface area contributed by atoms with Crippen molar-refractivity contribution in [2.75, 3.05) is 19.0 Å². The van der Waals surface area contributed by atoms with Gasteiger partial charge in [-0.05, 0) is 42.7 Å². The molecule has 0 radical (unpaired) electrons. The Balaban J connectivity index is 2.30. The van der Waals surface area contributed by atoms with Crippen LogP contribution in [0.1, 0.15) is 28.3 Å². The van der Waals surface area contributed by atoms with Crippen LogP contribution in [0.2, 0.25) is 0 Å². The van der Waals surface area contributed by atoms with Crippen LogP contribution < -0.4 is 10.6 Å². The maximum Gasteiger partial charge on any atom is 0.0554 e. The molecule has 2 aromatic carbocycles. The second kappa shape index (κ2) is 5.45. The van der Waals surface area contributed by atoms with Gasteiger partial charge in [0.05, 0.1) is 6.04 Å². The minimum atomic E-state index is -0.0585. The zero-order chi connectivity index (χ0) is 14.0. The monoisotopic (exact) mass is 254 g/mol. The van der Waals surface area contributed by atoms with E-state index >= 15 is 0 Å². The molecule has 0 bridgehead atoms. The Morgan fingerprint density at radius 3 is 2.11 bits per heavy atom. The van der Waals surface area contributed by atoms with E-state index in [0.717, 1.165) is 5.56 Å². The maximum atomic E-state index is 6.38. The first-order valence-corrected chi connectivity index (χ1v) is 6.59. The van der Waals surface area contributed by atoms with E-state index in [1.54, 1.807) is 0 Å². The molecule has 0 aliphatic heterocycles. The van der Waals surface area contributed by atoms with Gasteiger partial charge in [-0.3, -0.25) is 0 Å². The average Bonchev–Trinajstić information content (AvgIpc) is 2.38. The van der Waals surface area contributed by atoms with Crippen LogP contribution in [0.5, 0.6) is 0 Å². The molecule has 2 N–H and O–H groups in total. The van der Waals surface area contributed by atoms with Crippen molar-refractivity contribution in [3.05, 3.63) is 64.7 Å². The smallest absolute Gasteiger partial charge is 0.0554 e. The summed E-state index contributed by atoms with van der Waals surface area (Å²) in [5.74, 6) is 0. The zero-order valence-corrected chi connectivity index (χ0v) is 12.1. The molecular formula is C17H22N2. The summed E-state index contributed by atoms with van der Waals surface area (Å²) in [5, 5.41) is 0. The number of rotatable bonds is 3. The second-order valence-corrected chi connectivity index (χ2v) is 5.32. The van der Waals surface area contributed by atoms with Crippen molar-refractivity contribution in [2.24, 2.45) is 5.73 Å². The van der Waals surface area contributed by atoms with Gasteiger partial charge in [-0.1, -0.05) is 35.9 Å². The molecule has 2 nitrogen and oxygen atoms in total. The number of nitrogens with two attached hydrogens (primary N) is 1. The van der Waals surface area contributed by atoms with Crippen LogP contribution in [0.25, 0.3) is 0 Å². The van der Waals surface area contributed by atoms with Crippen molar-refractivity contribution in [1.82, 2.24) is 0 Å². The summed E-state index contributed by atoms with van der Waals surface area (Å²) < 4.78 is 0.